The van der Waals surface area contributed by atoms with E-state index in [2.05, 4.69) is 15.9 Å². The number of hydrogen-bond donors (Lipinski definition) is 2. The van der Waals surface area contributed by atoms with Gasteiger partial charge in [0.05, 0.1) is 10.2 Å². The SMILES string of the molecule is CCC(C(N)=O)n1cc(N)c(=O)c(Br)c1. The maximum Gasteiger partial charge on any atom is 0.240 e. The average Bonchev–Trinajstić information content (AvgIpc) is 2.14. The normalized spacial score (nSPS) is 12.4. The van der Waals surface area contributed by atoms with Gasteiger partial charge in [0, 0.05) is 12.4 Å². The summed E-state index contributed by atoms with van der Waals surface area (Å²) < 4.78 is 1.87. The molecule has 0 saturated heterocycles. The van der Waals surface area contributed by atoms with Crippen LogP contribution in [0.5, 0.6) is 0 Å². The van der Waals surface area contributed by atoms with E-state index < -0.39 is 11.9 Å². The summed E-state index contributed by atoms with van der Waals surface area (Å²) in [6, 6.07) is -0.482. The first-order valence-corrected chi connectivity index (χ1v) is 5.22. The summed E-state index contributed by atoms with van der Waals surface area (Å²) in [5, 5.41) is 0. The van der Waals surface area contributed by atoms with Gasteiger partial charge in [-0.25, -0.2) is 0 Å². The van der Waals surface area contributed by atoms with Gasteiger partial charge in [0.25, 0.3) is 0 Å². The Hall–Kier alpha value is -1.30. The first-order valence-electron chi connectivity index (χ1n) is 4.43. The topological polar surface area (TPSA) is 91.1 Å². The smallest absolute Gasteiger partial charge is 0.240 e. The maximum atomic E-state index is 11.3. The van der Waals surface area contributed by atoms with Gasteiger partial charge in [-0.3, -0.25) is 9.59 Å². The highest BCUT2D eigenvalue weighted by Gasteiger charge is 2.15. The maximum absolute atomic E-state index is 11.3. The third kappa shape index (κ3) is 2.38. The van der Waals surface area contributed by atoms with Gasteiger partial charge in [0.1, 0.15) is 6.04 Å². The minimum absolute atomic E-state index is 0.0871. The lowest BCUT2D eigenvalue weighted by atomic mass is 10.2. The van der Waals surface area contributed by atoms with E-state index in [1.54, 1.807) is 4.57 Å². The van der Waals surface area contributed by atoms with Gasteiger partial charge < -0.3 is 16.0 Å². The number of primary amides is 1. The summed E-state index contributed by atoms with van der Waals surface area (Å²) in [6.45, 7) is 1.83. The van der Waals surface area contributed by atoms with E-state index in [9.17, 15) is 9.59 Å². The Morgan fingerprint density at radius 1 is 1.60 bits per heavy atom. The molecule has 0 spiro atoms. The fourth-order valence-corrected chi connectivity index (χ4v) is 1.79. The molecule has 4 N–H and O–H groups in total. The molecule has 1 aromatic heterocycles. The van der Waals surface area contributed by atoms with Gasteiger partial charge in [-0.15, -0.1) is 0 Å². The molecular formula is C9H12BrN3O2. The Balaban J connectivity index is 3.26. The van der Waals surface area contributed by atoms with Crippen LogP contribution >= 0.6 is 15.9 Å². The molecular weight excluding hydrogens is 262 g/mol. The zero-order chi connectivity index (χ0) is 11.6. The molecule has 0 radical (unpaired) electrons. The number of amides is 1. The Bertz CT molecular complexity index is 415. The molecule has 0 fully saturated rings. The zero-order valence-corrected chi connectivity index (χ0v) is 9.82. The van der Waals surface area contributed by atoms with E-state index in [1.165, 1.54) is 12.4 Å². The summed E-state index contributed by atoms with van der Waals surface area (Å²) in [5.41, 5.74) is 10.5. The number of nitrogen functional groups attached to an aromatic ring is 1. The molecule has 1 atom stereocenters. The first kappa shape index (κ1) is 11.8. The minimum atomic E-state index is -0.482. The highest BCUT2D eigenvalue weighted by molar-refractivity contribution is 9.10. The van der Waals surface area contributed by atoms with E-state index in [0.717, 1.165) is 0 Å². The van der Waals surface area contributed by atoms with Crippen LogP contribution in [0.3, 0.4) is 0 Å². The second kappa shape index (κ2) is 4.48. The van der Waals surface area contributed by atoms with Crippen molar-refractivity contribution < 1.29 is 4.79 Å². The van der Waals surface area contributed by atoms with Crippen LogP contribution in [-0.4, -0.2) is 10.5 Å². The Kier molecular flexibility index (Phi) is 3.52. The number of nitrogens with two attached hydrogens (primary N) is 2. The number of carbonyl (C=O) groups is 1. The largest absolute Gasteiger partial charge is 0.394 e. The van der Waals surface area contributed by atoms with Gasteiger partial charge in [-0.2, -0.15) is 0 Å². The van der Waals surface area contributed by atoms with Crippen LogP contribution < -0.4 is 16.9 Å². The van der Waals surface area contributed by atoms with Gasteiger partial charge in [-0.1, -0.05) is 6.92 Å². The predicted octanol–water partition coefficient (Wildman–Crippen LogP) is 0.629. The number of hydrogen-bond acceptors (Lipinski definition) is 3. The molecule has 1 rings (SSSR count). The first-order chi connectivity index (χ1) is 6.97. The second-order valence-corrected chi connectivity index (χ2v) is 4.02. The van der Waals surface area contributed by atoms with Crippen molar-refractivity contribution in [2.24, 2.45) is 5.73 Å². The lowest BCUT2D eigenvalue weighted by Crippen LogP contribution is -2.27. The summed E-state index contributed by atoms with van der Waals surface area (Å²) in [7, 11) is 0. The number of rotatable bonds is 3. The fraction of sp³-hybridized carbons (Fsp3) is 0.333. The molecule has 15 heavy (non-hydrogen) atoms. The minimum Gasteiger partial charge on any atom is -0.394 e. The van der Waals surface area contributed by atoms with Crippen molar-refractivity contribution >= 4 is 27.5 Å². The van der Waals surface area contributed by atoms with Gasteiger partial charge in [-0.05, 0) is 22.4 Å². The standard InChI is InChI=1S/C9H12BrN3O2/c1-2-7(9(12)15)13-3-5(10)8(14)6(11)4-13/h3-4,7H,2,11H2,1H3,(H2,12,15). The average molecular weight is 274 g/mol. The van der Waals surface area contributed by atoms with Crippen LogP contribution in [-0.2, 0) is 4.79 Å². The van der Waals surface area contributed by atoms with Crippen molar-refractivity contribution in [3.05, 3.63) is 27.1 Å². The molecule has 82 valence electrons. The van der Waals surface area contributed by atoms with E-state index in [4.69, 9.17) is 11.5 Å². The third-order valence-electron chi connectivity index (χ3n) is 2.10. The predicted molar refractivity (Wildman–Crippen MR) is 61.3 cm³/mol. The molecule has 0 saturated carbocycles. The zero-order valence-electron chi connectivity index (χ0n) is 8.24. The van der Waals surface area contributed by atoms with Crippen LogP contribution in [0.25, 0.3) is 0 Å². The molecule has 0 bridgehead atoms. The molecule has 0 aliphatic rings. The van der Waals surface area contributed by atoms with Crippen molar-refractivity contribution in [2.75, 3.05) is 5.73 Å². The van der Waals surface area contributed by atoms with Gasteiger partial charge >= 0.3 is 0 Å². The van der Waals surface area contributed by atoms with E-state index in [0.29, 0.717) is 10.9 Å². The summed E-state index contributed by atoms with van der Waals surface area (Å²) in [5.74, 6) is -0.451. The van der Waals surface area contributed by atoms with E-state index in [-0.39, 0.29) is 11.1 Å². The number of nitrogens with zero attached hydrogens (tertiary/aromatic N) is 1. The van der Waals surface area contributed by atoms with Crippen LogP contribution in [0.15, 0.2) is 21.7 Å². The summed E-state index contributed by atoms with van der Waals surface area (Å²) in [4.78, 5) is 22.4. The molecule has 0 aliphatic carbocycles. The monoisotopic (exact) mass is 273 g/mol. The van der Waals surface area contributed by atoms with Crippen molar-refractivity contribution in [3.63, 3.8) is 0 Å². The van der Waals surface area contributed by atoms with Crippen LogP contribution in [0.1, 0.15) is 19.4 Å². The molecule has 0 aromatic carbocycles. The lowest BCUT2D eigenvalue weighted by molar-refractivity contribution is -0.121. The molecule has 6 heteroatoms. The van der Waals surface area contributed by atoms with Gasteiger partial charge in [0.15, 0.2) is 0 Å². The van der Waals surface area contributed by atoms with Crippen LogP contribution in [0.4, 0.5) is 5.69 Å². The van der Waals surface area contributed by atoms with Crippen molar-refractivity contribution in [2.45, 2.75) is 19.4 Å². The number of aromatic nitrogens is 1. The second-order valence-electron chi connectivity index (χ2n) is 3.16. The quantitative estimate of drug-likeness (QED) is 0.846. The molecule has 1 amide bonds. The Morgan fingerprint density at radius 3 is 2.60 bits per heavy atom. The van der Waals surface area contributed by atoms with Crippen molar-refractivity contribution in [1.82, 2.24) is 4.57 Å². The molecule has 1 heterocycles. The third-order valence-corrected chi connectivity index (χ3v) is 2.67. The Morgan fingerprint density at radius 2 is 2.20 bits per heavy atom. The lowest BCUT2D eigenvalue weighted by Gasteiger charge is -2.16. The van der Waals surface area contributed by atoms with E-state index >= 15 is 0 Å². The van der Waals surface area contributed by atoms with Crippen LogP contribution in [0, 0.1) is 0 Å². The number of anilines is 1. The highest BCUT2D eigenvalue weighted by atomic mass is 79.9. The van der Waals surface area contributed by atoms with Crippen LogP contribution in [0.2, 0.25) is 0 Å². The molecule has 5 nitrogen and oxygen atoms in total. The molecule has 1 aromatic rings. The van der Waals surface area contributed by atoms with Crippen molar-refractivity contribution in [3.8, 4) is 0 Å². The number of pyridine rings is 1. The molecule has 0 aliphatic heterocycles. The highest BCUT2D eigenvalue weighted by Crippen LogP contribution is 2.14. The van der Waals surface area contributed by atoms with Crippen molar-refractivity contribution in [1.29, 1.82) is 0 Å². The Labute approximate surface area is 95.2 Å². The summed E-state index contributed by atoms with van der Waals surface area (Å²) >= 11 is 3.08. The molecule has 1 unspecified atom stereocenters. The van der Waals surface area contributed by atoms with E-state index in [1.807, 2.05) is 6.92 Å². The number of carbonyl (C=O) groups excluding carboxylic acids is 1. The van der Waals surface area contributed by atoms with Gasteiger partial charge in [0.2, 0.25) is 11.3 Å². The summed E-state index contributed by atoms with van der Waals surface area (Å²) in [6.07, 6.45) is 3.48. The number of halogens is 1. The fourth-order valence-electron chi connectivity index (χ4n) is 1.32.